The molecule has 0 bridgehead atoms. The quantitative estimate of drug-likeness (QED) is 0.303. The Morgan fingerprint density at radius 1 is 1.12 bits per heavy atom. The van der Waals surface area contributed by atoms with Gasteiger partial charge in [-0.25, -0.2) is 0 Å². The van der Waals surface area contributed by atoms with Crippen LogP contribution in [0.1, 0.15) is 11.3 Å². The molecule has 0 atom stereocenters. The maximum absolute atomic E-state index is 10.8. The molecular formula is C19H10Cl2N2O3. The number of hydrogen-bond donors (Lipinski definition) is 0. The van der Waals surface area contributed by atoms with E-state index in [9.17, 15) is 15.4 Å². The summed E-state index contributed by atoms with van der Waals surface area (Å²) in [6.45, 7) is 0. The van der Waals surface area contributed by atoms with Gasteiger partial charge in [-0.1, -0.05) is 35.3 Å². The Kier molecular flexibility index (Phi) is 5.08. The van der Waals surface area contributed by atoms with Crippen LogP contribution in [0.4, 0.5) is 5.69 Å². The van der Waals surface area contributed by atoms with E-state index in [0.717, 1.165) is 0 Å². The van der Waals surface area contributed by atoms with Gasteiger partial charge in [-0.3, -0.25) is 10.1 Å². The molecule has 1 aromatic heterocycles. The summed E-state index contributed by atoms with van der Waals surface area (Å²) in [5.41, 5.74) is 1.56. The second-order valence-corrected chi connectivity index (χ2v) is 6.14. The largest absolute Gasteiger partial charge is 0.457 e. The van der Waals surface area contributed by atoms with Crippen molar-refractivity contribution in [3.05, 3.63) is 86.1 Å². The molecule has 3 aromatic rings. The van der Waals surface area contributed by atoms with Gasteiger partial charge in [-0.2, -0.15) is 5.26 Å². The van der Waals surface area contributed by atoms with Crippen LogP contribution in [0.25, 0.3) is 23.0 Å². The third kappa shape index (κ3) is 3.77. The van der Waals surface area contributed by atoms with Crippen LogP contribution < -0.4 is 0 Å². The molecular weight excluding hydrogens is 375 g/mol. The summed E-state index contributed by atoms with van der Waals surface area (Å²) < 4.78 is 5.72. The summed E-state index contributed by atoms with van der Waals surface area (Å²) in [7, 11) is 0. The summed E-state index contributed by atoms with van der Waals surface area (Å²) in [5.74, 6) is 0.908. The Balaban J connectivity index is 1.93. The maximum atomic E-state index is 10.8. The highest BCUT2D eigenvalue weighted by Gasteiger charge is 2.13. The third-order valence-corrected chi connectivity index (χ3v) is 4.18. The molecule has 0 saturated heterocycles. The molecule has 3 rings (SSSR count). The average Bonchev–Trinajstić information content (AvgIpc) is 3.08. The van der Waals surface area contributed by atoms with Crippen LogP contribution >= 0.6 is 23.2 Å². The molecule has 0 saturated carbocycles. The van der Waals surface area contributed by atoms with Crippen molar-refractivity contribution in [2.75, 3.05) is 0 Å². The fourth-order valence-electron chi connectivity index (χ4n) is 2.34. The molecule has 0 aliphatic rings. The molecule has 0 aliphatic carbocycles. The summed E-state index contributed by atoms with van der Waals surface area (Å²) >= 11 is 12.0. The van der Waals surface area contributed by atoms with E-state index in [1.54, 1.807) is 42.5 Å². The molecule has 1 heterocycles. The Morgan fingerprint density at radius 3 is 2.46 bits per heavy atom. The fourth-order valence-corrected chi connectivity index (χ4v) is 2.74. The number of non-ortho nitro benzene ring substituents is 1. The van der Waals surface area contributed by atoms with E-state index in [0.29, 0.717) is 33.2 Å². The van der Waals surface area contributed by atoms with Gasteiger partial charge < -0.3 is 4.42 Å². The van der Waals surface area contributed by atoms with Crippen molar-refractivity contribution < 1.29 is 9.34 Å². The zero-order valence-corrected chi connectivity index (χ0v) is 14.7. The maximum Gasteiger partial charge on any atom is 0.270 e. The molecule has 128 valence electrons. The van der Waals surface area contributed by atoms with Crippen LogP contribution in [0.5, 0.6) is 0 Å². The number of benzene rings is 2. The van der Waals surface area contributed by atoms with Crippen molar-refractivity contribution >= 4 is 40.5 Å². The number of allylic oxidation sites excluding steroid dienone is 1. The second kappa shape index (κ2) is 7.44. The topological polar surface area (TPSA) is 80.1 Å². The van der Waals surface area contributed by atoms with Gasteiger partial charge >= 0.3 is 0 Å². The number of furan rings is 1. The summed E-state index contributed by atoms with van der Waals surface area (Å²) in [5, 5.41) is 21.0. The molecule has 0 fully saturated rings. The first-order valence-electron chi connectivity index (χ1n) is 7.40. The van der Waals surface area contributed by atoms with Crippen LogP contribution in [0.15, 0.2) is 59.0 Å². The van der Waals surface area contributed by atoms with E-state index in [1.807, 2.05) is 0 Å². The first kappa shape index (κ1) is 17.7. The van der Waals surface area contributed by atoms with Crippen molar-refractivity contribution in [3.63, 3.8) is 0 Å². The number of nitriles is 1. The van der Waals surface area contributed by atoms with Crippen LogP contribution in [0.3, 0.4) is 0 Å². The molecule has 0 unspecified atom stereocenters. The molecule has 2 aromatic carbocycles. The van der Waals surface area contributed by atoms with Gasteiger partial charge in [0.25, 0.3) is 5.69 Å². The first-order chi connectivity index (χ1) is 12.5. The van der Waals surface area contributed by atoms with Crippen LogP contribution in [0.2, 0.25) is 10.0 Å². The molecule has 0 radical (unpaired) electrons. The smallest absolute Gasteiger partial charge is 0.270 e. The Labute approximate surface area is 158 Å². The standard InChI is InChI=1S/C19H10Cl2N2O3/c20-14-3-1-12(2-4-14)13(11-22)9-16-6-8-19(26-16)17-7-5-15(23(24)25)10-18(17)21/h1-10H. The van der Waals surface area contributed by atoms with E-state index >= 15 is 0 Å². The lowest BCUT2D eigenvalue weighted by Crippen LogP contribution is -1.88. The van der Waals surface area contributed by atoms with Crippen molar-refractivity contribution in [1.82, 2.24) is 0 Å². The number of nitrogens with zero attached hydrogens (tertiary/aromatic N) is 2. The van der Waals surface area contributed by atoms with Gasteiger partial charge in [0.15, 0.2) is 0 Å². The summed E-state index contributed by atoms with van der Waals surface area (Å²) in [4.78, 5) is 10.3. The SMILES string of the molecule is N#CC(=Cc1ccc(-c2ccc([N+](=O)[O-])cc2Cl)o1)c1ccc(Cl)cc1. The van der Waals surface area contributed by atoms with E-state index in [2.05, 4.69) is 6.07 Å². The van der Waals surface area contributed by atoms with Crippen molar-refractivity contribution in [3.8, 4) is 17.4 Å². The lowest BCUT2D eigenvalue weighted by atomic mass is 10.1. The van der Waals surface area contributed by atoms with Gasteiger partial charge in [0.2, 0.25) is 0 Å². The molecule has 0 aliphatic heterocycles. The minimum atomic E-state index is -0.517. The van der Waals surface area contributed by atoms with Crippen LogP contribution in [-0.2, 0) is 0 Å². The zero-order chi connectivity index (χ0) is 18.7. The van der Waals surface area contributed by atoms with Crippen molar-refractivity contribution in [2.45, 2.75) is 0 Å². The predicted octanol–water partition coefficient (Wildman–Crippen LogP) is 6.23. The Hall–Kier alpha value is -3.07. The monoisotopic (exact) mass is 384 g/mol. The van der Waals surface area contributed by atoms with E-state index < -0.39 is 4.92 Å². The van der Waals surface area contributed by atoms with Gasteiger partial charge in [0.1, 0.15) is 11.5 Å². The van der Waals surface area contributed by atoms with Crippen LogP contribution in [0, 0.1) is 21.4 Å². The second-order valence-electron chi connectivity index (χ2n) is 5.30. The minimum absolute atomic E-state index is 0.0973. The first-order valence-corrected chi connectivity index (χ1v) is 8.15. The lowest BCUT2D eigenvalue weighted by molar-refractivity contribution is -0.384. The number of hydrogen-bond acceptors (Lipinski definition) is 4. The van der Waals surface area contributed by atoms with Crippen LogP contribution in [-0.4, -0.2) is 4.92 Å². The van der Waals surface area contributed by atoms with Gasteiger partial charge in [-0.05, 0) is 42.0 Å². The normalized spacial score (nSPS) is 11.2. The zero-order valence-electron chi connectivity index (χ0n) is 13.1. The Morgan fingerprint density at radius 2 is 1.85 bits per heavy atom. The highest BCUT2D eigenvalue weighted by molar-refractivity contribution is 6.33. The fraction of sp³-hybridized carbons (Fsp3) is 0. The van der Waals surface area contributed by atoms with Gasteiger partial charge in [0, 0.05) is 22.7 Å². The predicted molar refractivity (Wildman–Crippen MR) is 101 cm³/mol. The number of rotatable bonds is 4. The van der Waals surface area contributed by atoms with E-state index in [-0.39, 0.29) is 10.7 Å². The van der Waals surface area contributed by atoms with E-state index in [1.165, 1.54) is 18.2 Å². The molecule has 5 nitrogen and oxygen atoms in total. The third-order valence-electron chi connectivity index (χ3n) is 3.62. The van der Waals surface area contributed by atoms with Gasteiger partial charge in [-0.15, -0.1) is 0 Å². The summed E-state index contributed by atoms with van der Waals surface area (Å²) in [6, 6.07) is 16.5. The van der Waals surface area contributed by atoms with Crippen molar-refractivity contribution in [1.29, 1.82) is 5.26 Å². The van der Waals surface area contributed by atoms with E-state index in [4.69, 9.17) is 27.6 Å². The molecule has 0 amide bonds. The molecule has 26 heavy (non-hydrogen) atoms. The van der Waals surface area contributed by atoms with Crippen molar-refractivity contribution in [2.24, 2.45) is 0 Å². The minimum Gasteiger partial charge on any atom is -0.457 e. The lowest BCUT2D eigenvalue weighted by Gasteiger charge is -2.01. The Bertz CT molecular complexity index is 1050. The highest BCUT2D eigenvalue weighted by atomic mass is 35.5. The summed E-state index contributed by atoms with van der Waals surface area (Å²) in [6.07, 6.45) is 1.60. The number of halogens is 2. The number of nitro benzene ring substituents is 1. The molecule has 0 spiro atoms. The highest BCUT2D eigenvalue weighted by Crippen LogP contribution is 2.33. The van der Waals surface area contributed by atoms with Gasteiger partial charge in [0.05, 0.1) is 21.6 Å². The number of nitro groups is 1. The molecule has 7 heteroatoms. The average molecular weight is 385 g/mol. The molecule has 0 N–H and O–H groups in total.